The van der Waals surface area contributed by atoms with Crippen LogP contribution in [0.2, 0.25) is 0 Å². The van der Waals surface area contributed by atoms with Gasteiger partial charge in [0.05, 0.1) is 17.1 Å². The summed E-state index contributed by atoms with van der Waals surface area (Å²) in [6.07, 6.45) is 8.52. The number of para-hydroxylation sites is 1. The lowest BCUT2D eigenvalue weighted by atomic mass is 9.76. The predicted molar refractivity (Wildman–Crippen MR) is 102 cm³/mol. The molecule has 25 heavy (non-hydrogen) atoms. The van der Waals surface area contributed by atoms with Crippen LogP contribution < -0.4 is 4.90 Å². The van der Waals surface area contributed by atoms with Crippen LogP contribution in [0.4, 0.5) is 5.69 Å². The van der Waals surface area contributed by atoms with Gasteiger partial charge >= 0.3 is 0 Å². The molecule has 1 spiro atoms. The van der Waals surface area contributed by atoms with Crippen LogP contribution in [0.25, 0.3) is 11.1 Å². The van der Waals surface area contributed by atoms with E-state index in [2.05, 4.69) is 66.9 Å². The number of aryl methyl sites for hydroxylation is 2. The highest BCUT2D eigenvalue weighted by Gasteiger charge is 2.53. The van der Waals surface area contributed by atoms with Crippen LogP contribution >= 0.6 is 0 Å². The zero-order valence-corrected chi connectivity index (χ0v) is 15.4. The van der Waals surface area contributed by atoms with Gasteiger partial charge in [0.15, 0.2) is 5.58 Å². The summed E-state index contributed by atoms with van der Waals surface area (Å²) in [4.78, 5) is 2.68. The number of hydrogen-bond acceptors (Lipinski definition) is 2. The van der Waals surface area contributed by atoms with Crippen LogP contribution in [-0.4, -0.2) is 4.57 Å². The molecule has 1 aliphatic heterocycles. The normalized spacial score (nSPS) is 22.0. The van der Waals surface area contributed by atoms with Gasteiger partial charge in [-0.2, -0.15) is 0 Å². The first kappa shape index (κ1) is 15.1. The third kappa shape index (κ3) is 1.87. The highest BCUT2D eigenvalue weighted by Crippen LogP contribution is 2.58. The van der Waals surface area contributed by atoms with E-state index in [9.17, 15) is 0 Å². The Morgan fingerprint density at radius 1 is 1.08 bits per heavy atom. The number of fused-ring (bicyclic) bond motifs is 4. The van der Waals surface area contributed by atoms with Gasteiger partial charge < -0.3 is 13.9 Å². The Labute approximate surface area is 149 Å². The third-order valence-corrected chi connectivity index (χ3v) is 6.49. The summed E-state index contributed by atoms with van der Waals surface area (Å²) in [6, 6.07) is 11.2. The number of furan rings is 1. The van der Waals surface area contributed by atoms with Crippen LogP contribution in [0, 0.1) is 6.92 Å². The fourth-order valence-electron chi connectivity index (χ4n) is 5.43. The minimum absolute atomic E-state index is 0.0798. The highest BCUT2D eigenvalue weighted by atomic mass is 16.3. The minimum Gasteiger partial charge on any atom is -0.457 e. The maximum absolute atomic E-state index is 6.40. The Kier molecular flexibility index (Phi) is 3.13. The molecular formula is C22H26N2O. The first-order valence-electron chi connectivity index (χ1n) is 9.57. The van der Waals surface area contributed by atoms with Gasteiger partial charge in [-0.15, -0.1) is 0 Å². The Hall–Kier alpha value is -2.16. The predicted octanol–water partition coefficient (Wildman–Crippen LogP) is 5.82. The largest absolute Gasteiger partial charge is 0.457 e. The maximum atomic E-state index is 6.40. The SMILES string of the molecule is Cc1ccccc1N1C(C)c2oc3ccn(C)c3c2C12CCCCC2. The lowest BCUT2D eigenvalue weighted by Crippen LogP contribution is -2.44. The summed E-state index contributed by atoms with van der Waals surface area (Å²) in [6.45, 7) is 4.55. The summed E-state index contributed by atoms with van der Waals surface area (Å²) in [5, 5.41) is 0. The van der Waals surface area contributed by atoms with E-state index >= 15 is 0 Å². The summed E-state index contributed by atoms with van der Waals surface area (Å²) in [7, 11) is 2.15. The van der Waals surface area contributed by atoms with Crippen LogP contribution in [0.15, 0.2) is 40.9 Å². The first-order valence-corrected chi connectivity index (χ1v) is 9.57. The Bertz CT molecular complexity index is 942. The summed E-state index contributed by atoms with van der Waals surface area (Å²) >= 11 is 0. The molecule has 3 heterocycles. The van der Waals surface area contributed by atoms with E-state index in [-0.39, 0.29) is 11.6 Å². The molecule has 3 nitrogen and oxygen atoms in total. The monoisotopic (exact) mass is 334 g/mol. The van der Waals surface area contributed by atoms with E-state index in [0.717, 1.165) is 5.58 Å². The zero-order valence-electron chi connectivity index (χ0n) is 15.4. The van der Waals surface area contributed by atoms with E-state index in [1.165, 1.54) is 60.2 Å². The Morgan fingerprint density at radius 2 is 1.84 bits per heavy atom. The molecular weight excluding hydrogens is 308 g/mol. The van der Waals surface area contributed by atoms with E-state index < -0.39 is 0 Å². The van der Waals surface area contributed by atoms with Crippen LogP contribution in [0.1, 0.15) is 62.0 Å². The number of aromatic nitrogens is 1. The number of benzene rings is 1. The second-order valence-corrected chi connectivity index (χ2v) is 7.91. The number of rotatable bonds is 1. The van der Waals surface area contributed by atoms with Gasteiger partial charge in [0, 0.05) is 24.5 Å². The molecule has 3 heteroatoms. The minimum atomic E-state index is 0.0798. The molecule has 1 aromatic carbocycles. The molecule has 3 aromatic rings. The van der Waals surface area contributed by atoms with Crippen molar-refractivity contribution in [3.63, 3.8) is 0 Å². The molecule has 2 aromatic heterocycles. The topological polar surface area (TPSA) is 21.3 Å². The molecule has 0 radical (unpaired) electrons. The smallest absolute Gasteiger partial charge is 0.152 e. The molecule has 0 bridgehead atoms. The van der Waals surface area contributed by atoms with E-state index in [4.69, 9.17) is 4.42 Å². The summed E-state index contributed by atoms with van der Waals surface area (Å²) in [5.41, 5.74) is 6.62. The molecule has 5 rings (SSSR count). The lowest BCUT2D eigenvalue weighted by molar-refractivity contribution is 0.284. The number of anilines is 1. The van der Waals surface area contributed by atoms with Crippen molar-refractivity contribution < 1.29 is 4.42 Å². The molecule has 1 saturated carbocycles. The van der Waals surface area contributed by atoms with E-state index in [0.29, 0.717) is 0 Å². The molecule has 1 aliphatic carbocycles. The Balaban J connectivity index is 1.80. The van der Waals surface area contributed by atoms with Gasteiger partial charge in [0.1, 0.15) is 5.76 Å². The molecule has 0 saturated heterocycles. The van der Waals surface area contributed by atoms with Crippen molar-refractivity contribution in [1.29, 1.82) is 0 Å². The van der Waals surface area contributed by atoms with Crippen molar-refractivity contribution in [1.82, 2.24) is 4.57 Å². The van der Waals surface area contributed by atoms with Crippen LogP contribution in [-0.2, 0) is 12.6 Å². The van der Waals surface area contributed by atoms with Crippen LogP contribution in [0.3, 0.4) is 0 Å². The van der Waals surface area contributed by atoms with Crippen LogP contribution in [0.5, 0.6) is 0 Å². The van der Waals surface area contributed by atoms with E-state index in [1.54, 1.807) is 0 Å². The van der Waals surface area contributed by atoms with Crippen molar-refractivity contribution in [2.75, 3.05) is 4.90 Å². The average Bonchev–Trinajstić information content (AvgIpc) is 3.23. The molecule has 2 aliphatic rings. The fourth-order valence-corrected chi connectivity index (χ4v) is 5.43. The molecule has 1 unspecified atom stereocenters. The van der Waals surface area contributed by atoms with Crippen molar-refractivity contribution in [2.24, 2.45) is 7.05 Å². The summed E-state index contributed by atoms with van der Waals surface area (Å²) in [5.74, 6) is 1.19. The van der Waals surface area contributed by atoms with E-state index in [1.807, 2.05) is 0 Å². The molecule has 0 amide bonds. The molecule has 1 atom stereocenters. The van der Waals surface area contributed by atoms with Gasteiger partial charge in [-0.05, 0) is 44.4 Å². The molecule has 0 N–H and O–H groups in total. The Morgan fingerprint density at radius 3 is 2.60 bits per heavy atom. The van der Waals surface area contributed by atoms with Crippen molar-refractivity contribution in [3.8, 4) is 0 Å². The quantitative estimate of drug-likeness (QED) is 0.559. The lowest BCUT2D eigenvalue weighted by Gasteiger charge is -2.45. The van der Waals surface area contributed by atoms with Gasteiger partial charge in [-0.3, -0.25) is 0 Å². The van der Waals surface area contributed by atoms with Gasteiger partial charge in [0.2, 0.25) is 0 Å². The van der Waals surface area contributed by atoms with Crippen molar-refractivity contribution >= 4 is 16.8 Å². The molecule has 1 fully saturated rings. The standard InChI is InChI=1S/C22H26N2O/c1-15-9-5-6-10-17(15)24-16(2)21-19(22(24)12-7-4-8-13-22)20-18(25-21)11-14-23(20)3/h5-6,9-11,14,16H,4,7-8,12-13H2,1-3H3. The van der Waals surface area contributed by atoms with Gasteiger partial charge in [0.25, 0.3) is 0 Å². The van der Waals surface area contributed by atoms with Gasteiger partial charge in [-0.1, -0.05) is 37.5 Å². The zero-order chi connectivity index (χ0) is 17.2. The van der Waals surface area contributed by atoms with Gasteiger partial charge in [-0.25, -0.2) is 0 Å². The summed E-state index contributed by atoms with van der Waals surface area (Å²) < 4.78 is 8.65. The third-order valence-electron chi connectivity index (χ3n) is 6.49. The fraction of sp³-hybridized carbons (Fsp3) is 0.455. The maximum Gasteiger partial charge on any atom is 0.152 e. The first-order chi connectivity index (χ1) is 12.1. The number of nitrogens with zero attached hydrogens (tertiary/aromatic N) is 2. The average molecular weight is 334 g/mol. The second kappa shape index (κ2) is 5.17. The van der Waals surface area contributed by atoms with Crippen molar-refractivity contribution in [3.05, 3.63) is 53.4 Å². The number of hydrogen-bond donors (Lipinski definition) is 0. The highest BCUT2D eigenvalue weighted by molar-refractivity contribution is 5.84. The molecule has 130 valence electrons. The second-order valence-electron chi connectivity index (χ2n) is 7.91. The van der Waals surface area contributed by atoms with Crippen molar-refractivity contribution in [2.45, 2.75) is 57.5 Å².